The monoisotopic (exact) mass is 425 g/mol. The van der Waals surface area contributed by atoms with E-state index in [0.717, 1.165) is 12.1 Å². The minimum Gasteiger partial charge on any atom is -0.334 e. The highest BCUT2D eigenvalue weighted by Gasteiger charge is 2.36. The molecule has 1 fully saturated rings. The summed E-state index contributed by atoms with van der Waals surface area (Å²) in [6.45, 7) is 0.175. The van der Waals surface area contributed by atoms with Crippen LogP contribution in [0.2, 0.25) is 5.02 Å². The summed E-state index contributed by atoms with van der Waals surface area (Å²) in [7, 11) is 0. The number of carbonyl (C=O) groups excluding carboxylic acids is 1. The highest BCUT2D eigenvalue weighted by molar-refractivity contribution is 6.33. The lowest BCUT2D eigenvalue weighted by Gasteiger charge is -2.17. The van der Waals surface area contributed by atoms with Gasteiger partial charge in [0.15, 0.2) is 5.82 Å². The number of nitrogens with zero attached hydrogens (tertiary/aromatic N) is 3. The Morgan fingerprint density at radius 2 is 1.86 bits per heavy atom. The van der Waals surface area contributed by atoms with Crippen LogP contribution in [0, 0.1) is 5.82 Å². The van der Waals surface area contributed by atoms with Gasteiger partial charge in [0, 0.05) is 24.4 Å². The minimum atomic E-state index is -4.44. The van der Waals surface area contributed by atoms with Crippen molar-refractivity contribution in [1.29, 1.82) is 0 Å². The molecular formula is C19H12ClF4N3O2. The summed E-state index contributed by atoms with van der Waals surface area (Å²) in [4.78, 5) is 17.9. The van der Waals surface area contributed by atoms with Gasteiger partial charge >= 0.3 is 6.18 Å². The summed E-state index contributed by atoms with van der Waals surface area (Å²) in [6.07, 6.45) is -4.37. The van der Waals surface area contributed by atoms with E-state index in [1.807, 2.05) is 0 Å². The van der Waals surface area contributed by atoms with Crippen LogP contribution in [-0.2, 0) is 11.0 Å². The molecule has 0 bridgehead atoms. The number of carbonyl (C=O) groups is 1. The van der Waals surface area contributed by atoms with Crippen molar-refractivity contribution in [2.45, 2.75) is 18.5 Å². The molecule has 1 aromatic heterocycles. The van der Waals surface area contributed by atoms with Crippen molar-refractivity contribution in [3.63, 3.8) is 0 Å². The van der Waals surface area contributed by atoms with Gasteiger partial charge in [-0.2, -0.15) is 18.2 Å². The fourth-order valence-corrected chi connectivity index (χ4v) is 3.35. The van der Waals surface area contributed by atoms with Crippen molar-refractivity contribution in [2.24, 2.45) is 0 Å². The van der Waals surface area contributed by atoms with Crippen molar-refractivity contribution in [2.75, 3.05) is 11.4 Å². The van der Waals surface area contributed by atoms with E-state index in [4.69, 9.17) is 16.1 Å². The van der Waals surface area contributed by atoms with Crippen molar-refractivity contribution < 1.29 is 26.9 Å². The Labute approximate surface area is 166 Å². The molecule has 29 heavy (non-hydrogen) atoms. The van der Waals surface area contributed by atoms with Crippen LogP contribution in [0.25, 0.3) is 11.5 Å². The quantitative estimate of drug-likeness (QED) is 0.550. The number of amides is 1. The van der Waals surface area contributed by atoms with Crippen molar-refractivity contribution in [1.82, 2.24) is 10.1 Å². The smallest absolute Gasteiger partial charge is 0.334 e. The lowest BCUT2D eigenvalue weighted by molar-refractivity contribution is -0.137. The van der Waals surface area contributed by atoms with Crippen molar-refractivity contribution in [3.8, 4) is 11.5 Å². The van der Waals surface area contributed by atoms with Crippen LogP contribution in [0.15, 0.2) is 47.0 Å². The van der Waals surface area contributed by atoms with E-state index in [9.17, 15) is 22.4 Å². The largest absolute Gasteiger partial charge is 0.416 e. The predicted octanol–water partition coefficient (Wildman–Crippen LogP) is 5.07. The number of benzene rings is 2. The normalized spacial score (nSPS) is 17.2. The number of halogens is 5. The second kappa shape index (κ2) is 7.14. The van der Waals surface area contributed by atoms with Gasteiger partial charge in [-0.1, -0.05) is 16.8 Å². The zero-order chi connectivity index (χ0) is 20.8. The predicted molar refractivity (Wildman–Crippen MR) is 95.9 cm³/mol. The first-order valence-corrected chi connectivity index (χ1v) is 8.87. The topological polar surface area (TPSA) is 59.2 Å². The van der Waals surface area contributed by atoms with Crippen LogP contribution in [-0.4, -0.2) is 22.6 Å². The van der Waals surface area contributed by atoms with Gasteiger partial charge in [0.25, 0.3) is 5.89 Å². The van der Waals surface area contributed by atoms with Gasteiger partial charge in [-0.05, 0) is 42.5 Å². The zero-order valence-electron chi connectivity index (χ0n) is 14.6. The lowest BCUT2D eigenvalue weighted by atomic mass is 10.1. The maximum atomic E-state index is 13.5. The van der Waals surface area contributed by atoms with Gasteiger partial charge in [-0.25, -0.2) is 4.39 Å². The van der Waals surface area contributed by atoms with Gasteiger partial charge < -0.3 is 9.42 Å². The molecule has 1 aliphatic rings. The highest BCUT2D eigenvalue weighted by Crippen LogP contribution is 2.36. The van der Waals surface area contributed by atoms with Crippen LogP contribution < -0.4 is 4.90 Å². The first-order chi connectivity index (χ1) is 13.7. The summed E-state index contributed by atoms with van der Waals surface area (Å²) in [5.74, 6) is -0.936. The van der Waals surface area contributed by atoms with Gasteiger partial charge in [-0.15, -0.1) is 0 Å². The molecule has 4 rings (SSSR count). The Morgan fingerprint density at radius 3 is 2.55 bits per heavy atom. The average Bonchev–Trinajstić information content (AvgIpc) is 3.30. The zero-order valence-corrected chi connectivity index (χ0v) is 15.3. The molecule has 0 aliphatic carbocycles. The Morgan fingerprint density at radius 1 is 1.14 bits per heavy atom. The molecule has 10 heteroatoms. The average molecular weight is 426 g/mol. The maximum absolute atomic E-state index is 13.5. The summed E-state index contributed by atoms with van der Waals surface area (Å²) >= 11 is 6.07. The van der Waals surface area contributed by atoms with Crippen LogP contribution in [0.3, 0.4) is 0 Å². The SMILES string of the molecule is O=C1CC(c2noc(-c3ccc(C(F)(F)F)cc3)n2)CN1c1cc(F)ccc1Cl. The molecule has 0 saturated carbocycles. The standard InChI is InChI=1S/C19H12ClF4N3O2/c20-14-6-5-13(21)8-15(14)27-9-11(7-16(27)28)17-25-18(29-26-17)10-1-3-12(4-2-10)19(22,23)24/h1-6,8,11H,7,9H2. The second-order valence-electron chi connectivity index (χ2n) is 6.53. The molecule has 2 aromatic carbocycles. The molecule has 1 aliphatic heterocycles. The summed E-state index contributed by atoms with van der Waals surface area (Å²) in [5.41, 5.74) is -0.207. The third kappa shape index (κ3) is 3.82. The number of aromatic nitrogens is 2. The van der Waals surface area contributed by atoms with Crippen molar-refractivity contribution in [3.05, 3.63) is 64.7 Å². The number of hydrogen-bond acceptors (Lipinski definition) is 4. The van der Waals surface area contributed by atoms with E-state index in [0.29, 0.717) is 5.56 Å². The third-order valence-electron chi connectivity index (χ3n) is 4.59. The molecule has 0 radical (unpaired) electrons. The van der Waals surface area contributed by atoms with Crippen LogP contribution >= 0.6 is 11.6 Å². The molecule has 0 N–H and O–H groups in total. The molecular weight excluding hydrogens is 414 g/mol. The first kappa shape index (κ1) is 19.4. The fourth-order valence-electron chi connectivity index (χ4n) is 3.13. The molecule has 3 aromatic rings. The Kier molecular flexibility index (Phi) is 4.77. The molecule has 1 atom stereocenters. The summed E-state index contributed by atoms with van der Waals surface area (Å²) < 4.78 is 56.7. The van der Waals surface area contributed by atoms with E-state index in [2.05, 4.69) is 10.1 Å². The van der Waals surface area contributed by atoms with Crippen LogP contribution in [0.5, 0.6) is 0 Å². The summed E-state index contributed by atoms with van der Waals surface area (Å²) in [6, 6.07) is 8.05. The molecule has 1 amide bonds. The molecule has 2 heterocycles. The highest BCUT2D eigenvalue weighted by atomic mass is 35.5. The van der Waals surface area contributed by atoms with Gasteiger partial charge in [0.05, 0.1) is 16.3 Å². The van der Waals surface area contributed by atoms with Crippen molar-refractivity contribution >= 4 is 23.2 Å². The molecule has 0 spiro atoms. The summed E-state index contributed by atoms with van der Waals surface area (Å²) in [5, 5.41) is 4.09. The van der Waals surface area contributed by atoms with Gasteiger partial charge in [-0.3, -0.25) is 4.79 Å². The van der Waals surface area contributed by atoms with Crippen LogP contribution in [0.1, 0.15) is 23.7 Å². The Bertz CT molecular complexity index is 1070. The first-order valence-electron chi connectivity index (χ1n) is 8.49. The Balaban J connectivity index is 1.54. The number of alkyl halides is 3. The van der Waals surface area contributed by atoms with E-state index in [1.54, 1.807) is 0 Å². The van der Waals surface area contributed by atoms with Gasteiger partial charge in [0.2, 0.25) is 5.91 Å². The third-order valence-corrected chi connectivity index (χ3v) is 4.91. The van der Waals surface area contributed by atoms with E-state index in [-0.39, 0.29) is 41.3 Å². The fraction of sp³-hybridized carbons (Fsp3) is 0.211. The van der Waals surface area contributed by atoms with E-state index < -0.39 is 23.5 Å². The number of anilines is 1. The molecule has 1 saturated heterocycles. The lowest BCUT2D eigenvalue weighted by Crippen LogP contribution is -2.24. The van der Waals surface area contributed by atoms with Gasteiger partial charge in [0.1, 0.15) is 5.82 Å². The molecule has 1 unspecified atom stereocenters. The maximum Gasteiger partial charge on any atom is 0.416 e. The Hall–Kier alpha value is -2.94. The minimum absolute atomic E-state index is 0.0448. The molecule has 5 nitrogen and oxygen atoms in total. The second-order valence-corrected chi connectivity index (χ2v) is 6.94. The molecule has 150 valence electrons. The van der Waals surface area contributed by atoms with Crippen LogP contribution in [0.4, 0.5) is 23.2 Å². The number of hydrogen-bond donors (Lipinski definition) is 0. The van der Waals surface area contributed by atoms with E-state index in [1.165, 1.54) is 35.2 Å². The number of rotatable bonds is 3. The van der Waals surface area contributed by atoms with E-state index >= 15 is 0 Å².